The van der Waals surface area contributed by atoms with Gasteiger partial charge in [-0.1, -0.05) is 18.9 Å². The minimum atomic E-state index is 0.455. The van der Waals surface area contributed by atoms with E-state index in [1.807, 2.05) is 6.07 Å². The average Bonchev–Trinajstić information content (AvgIpc) is 2.81. The fourth-order valence-electron chi connectivity index (χ4n) is 4.00. The van der Waals surface area contributed by atoms with E-state index in [0.29, 0.717) is 6.04 Å². The molecule has 0 saturated carbocycles. The molecule has 23 heavy (non-hydrogen) atoms. The molecule has 3 rings (SSSR count). The fraction of sp³-hybridized carbons (Fsp3) is 0.684. The minimum Gasteiger partial charge on any atom is -0.493 e. The summed E-state index contributed by atoms with van der Waals surface area (Å²) in [5.74, 6) is 1.76. The SMILES string of the molecule is COc1ccc2c(c1OC)CC[C@@H]2NCCN1CCCCCC1. The first-order chi connectivity index (χ1) is 11.3. The zero-order valence-electron chi connectivity index (χ0n) is 14.6. The van der Waals surface area contributed by atoms with E-state index in [-0.39, 0.29) is 0 Å². The number of hydrogen-bond donors (Lipinski definition) is 1. The third kappa shape index (κ3) is 3.81. The van der Waals surface area contributed by atoms with Crippen LogP contribution in [0.4, 0.5) is 0 Å². The third-order valence-electron chi connectivity index (χ3n) is 5.26. The van der Waals surface area contributed by atoms with Gasteiger partial charge in [0.1, 0.15) is 0 Å². The summed E-state index contributed by atoms with van der Waals surface area (Å²) in [6.07, 6.45) is 7.76. The van der Waals surface area contributed by atoms with Crippen LogP contribution < -0.4 is 14.8 Å². The Bertz CT molecular complexity index is 510. The molecule has 4 heteroatoms. The Kier molecular flexibility index (Phi) is 5.79. The molecule has 1 saturated heterocycles. The molecule has 0 unspecified atom stereocenters. The van der Waals surface area contributed by atoms with Gasteiger partial charge in [-0.15, -0.1) is 0 Å². The molecular formula is C19H30N2O2. The third-order valence-corrected chi connectivity index (χ3v) is 5.26. The second-order valence-electron chi connectivity index (χ2n) is 6.67. The summed E-state index contributed by atoms with van der Waals surface area (Å²) in [5.41, 5.74) is 2.71. The molecule has 0 amide bonds. The largest absolute Gasteiger partial charge is 0.493 e. The molecule has 0 aromatic heterocycles. The molecule has 0 radical (unpaired) electrons. The van der Waals surface area contributed by atoms with E-state index in [2.05, 4.69) is 16.3 Å². The van der Waals surface area contributed by atoms with Crippen molar-refractivity contribution in [1.29, 1.82) is 0 Å². The van der Waals surface area contributed by atoms with E-state index >= 15 is 0 Å². The van der Waals surface area contributed by atoms with Crippen molar-refractivity contribution in [3.05, 3.63) is 23.3 Å². The van der Waals surface area contributed by atoms with Crippen LogP contribution in [-0.2, 0) is 6.42 Å². The number of ether oxygens (including phenoxy) is 2. The Hall–Kier alpha value is -1.26. The minimum absolute atomic E-state index is 0.455. The van der Waals surface area contributed by atoms with Crippen LogP contribution in [0.1, 0.15) is 49.3 Å². The molecular weight excluding hydrogens is 288 g/mol. The molecule has 1 aliphatic carbocycles. The fourth-order valence-corrected chi connectivity index (χ4v) is 4.00. The lowest BCUT2D eigenvalue weighted by Gasteiger charge is -2.22. The highest BCUT2D eigenvalue weighted by atomic mass is 16.5. The molecule has 1 heterocycles. The van der Waals surface area contributed by atoms with Crippen molar-refractivity contribution in [3.63, 3.8) is 0 Å². The standard InChI is InChI=1S/C19H30N2O2/c1-22-18-10-8-15-16(19(18)23-2)7-9-17(15)20-11-14-21-12-5-3-4-6-13-21/h8,10,17,20H,3-7,9,11-14H2,1-2H3/t17-/m0/s1. The molecule has 0 spiro atoms. The van der Waals surface area contributed by atoms with Gasteiger partial charge in [0.2, 0.25) is 0 Å². The predicted molar refractivity (Wildman–Crippen MR) is 93.5 cm³/mol. The number of rotatable bonds is 6. The number of hydrogen-bond acceptors (Lipinski definition) is 4. The van der Waals surface area contributed by atoms with Gasteiger partial charge in [-0.05, 0) is 50.4 Å². The average molecular weight is 318 g/mol. The predicted octanol–water partition coefficient (Wildman–Crippen LogP) is 3.16. The van der Waals surface area contributed by atoms with Crippen molar-refractivity contribution in [2.75, 3.05) is 40.4 Å². The summed E-state index contributed by atoms with van der Waals surface area (Å²) >= 11 is 0. The van der Waals surface area contributed by atoms with Gasteiger partial charge in [0.05, 0.1) is 14.2 Å². The molecule has 1 atom stereocenters. The smallest absolute Gasteiger partial charge is 0.164 e. The number of methoxy groups -OCH3 is 2. The van der Waals surface area contributed by atoms with E-state index in [9.17, 15) is 0 Å². The maximum absolute atomic E-state index is 5.58. The van der Waals surface area contributed by atoms with Crippen molar-refractivity contribution in [2.24, 2.45) is 0 Å². The van der Waals surface area contributed by atoms with Crippen LogP contribution in [0.15, 0.2) is 12.1 Å². The summed E-state index contributed by atoms with van der Waals surface area (Å²) < 4.78 is 11.0. The quantitative estimate of drug-likeness (QED) is 0.873. The first-order valence-corrected chi connectivity index (χ1v) is 9.03. The summed E-state index contributed by atoms with van der Waals surface area (Å²) in [7, 11) is 3.44. The Morgan fingerprint density at radius 2 is 1.87 bits per heavy atom. The Labute approximate surface area is 140 Å². The van der Waals surface area contributed by atoms with Crippen molar-refractivity contribution in [3.8, 4) is 11.5 Å². The molecule has 1 fully saturated rings. The van der Waals surface area contributed by atoms with Gasteiger partial charge < -0.3 is 19.7 Å². The number of likely N-dealkylation sites (tertiary alicyclic amines) is 1. The van der Waals surface area contributed by atoms with Crippen LogP contribution in [0.5, 0.6) is 11.5 Å². The summed E-state index contributed by atoms with van der Waals surface area (Å²) in [6.45, 7) is 4.78. The van der Waals surface area contributed by atoms with Gasteiger partial charge in [0.25, 0.3) is 0 Å². The molecule has 1 aliphatic heterocycles. The normalized spacial score (nSPS) is 21.7. The second kappa shape index (κ2) is 8.02. The molecule has 4 nitrogen and oxygen atoms in total. The van der Waals surface area contributed by atoms with Crippen LogP contribution in [0, 0.1) is 0 Å². The highest BCUT2D eigenvalue weighted by Crippen LogP contribution is 2.42. The van der Waals surface area contributed by atoms with Crippen LogP contribution in [-0.4, -0.2) is 45.3 Å². The van der Waals surface area contributed by atoms with Crippen LogP contribution in [0.25, 0.3) is 0 Å². The van der Waals surface area contributed by atoms with Gasteiger partial charge in [-0.2, -0.15) is 0 Å². The molecule has 1 aromatic rings. The lowest BCUT2D eigenvalue weighted by molar-refractivity contribution is 0.279. The van der Waals surface area contributed by atoms with Gasteiger partial charge in [0.15, 0.2) is 11.5 Å². The van der Waals surface area contributed by atoms with Gasteiger partial charge in [-0.25, -0.2) is 0 Å². The van der Waals surface area contributed by atoms with E-state index in [1.54, 1.807) is 14.2 Å². The van der Waals surface area contributed by atoms with Crippen molar-refractivity contribution < 1.29 is 9.47 Å². The monoisotopic (exact) mass is 318 g/mol. The summed E-state index contributed by atoms with van der Waals surface area (Å²) in [6, 6.07) is 4.69. The van der Waals surface area contributed by atoms with Crippen molar-refractivity contribution in [2.45, 2.75) is 44.6 Å². The summed E-state index contributed by atoms with van der Waals surface area (Å²) in [4.78, 5) is 2.62. The van der Waals surface area contributed by atoms with E-state index in [1.165, 1.54) is 56.4 Å². The zero-order valence-corrected chi connectivity index (χ0v) is 14.6. The molecule has 1 N–H and O–H groups in total. The van der Waals surface area contributed by atoms with E-state index in [0.717, 1.165) is 30.9 Å². The summed E-state index contributed by atoms with van der Waals surface area (Å²) in [5, 5.41) is 3.76. The lowest BCUT2D eigenvalue weighted by Crippen LogP contribution is -2.34. The topological polar surface area (TPSA) is 33.7 Å². The van der Waals surface area contributed by atoms with E-state index in [4.69, 9.17) is 9.47 Å². The zero-order chi connectivity index (χ0) is 16.1. The maximum atomic E-state index is 5.58. The Morgan fingerprint density at radius 3 is 2.57 bits per heavy atom. The first kappa shape index (κ1) is 16.6. The highest BCUT2D eigenvalue weighted by Gasteiger charge is 2.27. The number of nitrogens with one attached hydrogen (secondary N) is 1. The number of fused-ring (bicyclic) bond motifs is 1. The lowest BCUT2D eigenvalue weighted by atomic mass is 10.1. The van der Waals surface area contributed by atoms with Crippen LogP contribution >= 0.6 is 0 Å². The maximum Gasteiger partial charge on any atom is 0.164 e. The number of benzene rings is 1. The first-order valence-electron chi connectivity index (χ1n) is 9.03. The highest BCUT2D eigenvalue weighted by molar-refractivity contribution is 5.53. The van der Waals surface area contributed by atoms with Crippen LogP contribution in [0.3, 0.4) is 0 Å². The molecule has 128 valence electrons. The Morgan fingerprint density at radius 1 is 1.09 bits per heavy atom. The van der Waals surface area contributed by atoms with Gasteiger partial charge in [0, 0.05) is 24.7 Å². The molecule has 2 aliphatic rings. The van der Waals surface area contributed by atoms with Crippen LogP contribution in [0.2, 0.25) is 0 Å². The number of nitrogens with zero attached hydrogens (tertiary/aromatic N) is 1. The van der Waals surface area contributed by atoms with Gasteiger partial charge >= 0.3 is 0 Å². The second-order valence-corrected chi connectivity index (χ2v) is 6.67. The van der Waals surface area contributed by atoms with E-state index < -0.39 is 0 Å². The molecule has 0 bridgehead atoms. The van der Waals surface area contributed by atoms with Crippen molar-refractivity contribution >= 4 is 0 Å². The Balaban J connectivity index is 1.57. The molecule has 1 aromatic carbocycles. The van der Waals surface area contributed by atoms with Crippen molar-refractivity contribution in [1.82, 2.24) is 10.2 Å². The van der Waals surface area contributed by atoms with Gasteiger partial charge in [-0.3, -0.25) is 0 Å².